The average Bonchev–Trinajstić information content (AvgIpc) is 2.31. The highest BCUT2D eigenvalue weighted by molar-refractivity contribution is 5.92. The zero-order valence-electron chi connectivity index (χ0n) is 9.57. The first-order chi connectivity index (χ1) is 7.75. The lowest BCUT2D eigenvalue weighted by Gasteiger charge is -2.22. The van der Waals surface area contributed by atoms with Gasteiger partial charge in [0.05, 0.1) is 11.9 Å². The summed E-state index contributed by atoms with van der Waals surface area (Å²) in [4.78, 5) is 19.9. The van der Waals surface area contributed by atoms with Gasteiger partial charge in [-0.3, -0.25) is 9.78 Å². The van der Waals surface area contributed by atoms with Crippen molar-refractivity contribution in [1.82, 2.24) is 15.3 Å². The Balaban J connectivity index is 1.94. The quantitative estimate of drug-likeness (QED) is 0.825. The van der Waals surface area contributed by atoms with Crippen molar-refractivity contribution in [2.24, 2.45) is 0 Å². The molecule has 1 aromatic rings. The van der Waals surface area contributed by atoms with Crippen LogP contribution >= 0.6 is 0 Å². The van der Waals surface area contributed by atoms with Crippen LogP contribution in [0, 0.1) is 6.92 Å². The van der Waals surface area contributed by atoms with Crippen LogP contribution in [0.4, 0.5) is 0 Å². The molecule has 0 aliphatic heterocycles. The third-order valence-corrected chi connectivity index (χ3v) is 2.95. The summed E-state index contributed by atoms with van der Waals surface area (Å²) in [5, 5.41) is 3.01. The van der Waals surface area contributed by atoms with Gasteiger partial charge in [0.15, 0.2) is 0 Å². The van der Waals surface area contributed by atoms with Crippen LogP contribution in [0.5, 0.6) is 0 Å². The van der Waals surface area contributed by atoms with E-state index in [0.717, 1.165) is 18.5 Å². The first kappa shape index (κ1) is 11.0. The molecule has 86 valence electrons. The van der Waals surface area contributed by atoms with Crippen LogP contribution in [0.15, 0.2) is 12.4 Å². The maximum absolute atomic E-state index is 11.8. The molecule has 0 saturated heterocycles. The number of hydrogen-bond donors (Lipinski definition) is 1. The fraction of sp³-hybridized carbons (Fsp3) is 0.583. The number of amides is 1. The fourth-order valence-electron chi connectivity index (χ4n) is 2.02. The van der Waals surface area contributed by atoms with E-state index in [0.29, 0.717) is 11.7 Å². The second kappa shape index (κ2) is 5.05. The third kappa shape index (κ3) is 2.78. The predicted octanol–water partition coefficient (Wildman–Crippen LogP) is 1.85. The van der Waals surface area contributed by atoms with Gasteiger partial charge in [-0.05, 0) is 19.8 Å². The van der Waals surface area contributed by atoms with E-state index in [9.17, 15) is 4.79 Å². The van der Waals surface area contributed by atoms with Gasteiger partial charge < -0.3 is 5.32 Å². The highest BCUT2D eigenvalue weighted by Gasteiger charge is 2.17. The van der Waals surface area contributed by atoms with E-state index in [4.69, 9.17) is 0 Å². The fourth-order valence-corrected chi connectivity index (χ4v) is 2.02. The highest BCUT2D eigenvalue weighted by Crippen LogP contribution is 2.17. The molecule has 1 saturated carbocycles. The summed E-state index contributed by atoms with van der Waals surface area (Å²) < 4.78 is 0. The Bertz CT molecular complexity index is 355. The monoisotopic (exact) mass is 219 g/mol. The van der Waals surface area contributed by atoms with Crippen LogP contribution in [0.3, 0.4) is 0 Å². The molecule has 16 heavy (non-hydrogen) atoms. The summed E-state index contributed by atoms with van der Waals surface area (Å²) in [7, 11) is 0. The van der Waals surface area contributed by atoms with E-state index in [1.54, 1.807) is 6.20 Å². The molecule has 0 spiro atoms. The molecule has 1 aliphatic carbocycles. The van der Waals surface area contributed by atoms with E-state index in [1.165, 1.54) is 25.5 Å². The molecule has 0 aromatic carbocycles. The Hall–Kier alpha value is -1.45. The van der Waals surface area contributed by atoms with Crippen molar-refractivity contribution in [1.29, 1.82) is 0 Å². The predicted molar refractivity (Wildman–Crippen MR) is 61.1 cm³/mol. The van der Waals surface area contributed by atoms with E-state index < -0.39 is 0 Å². The topological polar surface area (TPSA) is 54.9 Å². The lowest BCUT2D eigenvalue weighted by molar-refractivity contribution is 0.0922. The SMILES string of the molecule is Cc1cnc(C(=O)NC2CCCCC2)cn1. The minimum absolute atomic E-state index is 0.0978. The van der Waals surface area contributed by atoms with Gasteiger partial charge in [0.2, 0.25) is 0 Å². The van der Waals surface area contributed by atoms with Crippen molar-refractivity contribution in [2.75, 3.05) is 0 Å². The molecular weight excluding hydrogens is 202 g/mol. The molecule has 1 N–H and O–H groups in total. The number of carbonyl (C=O) groups excluding carboxylic acids is 1. The second-order valence-electron chi connectivity index (χ2n) is 4.35. The van der Waals surface area contributed by atoms with Gasteiger partial charge in [0, 0.05) is 12.2 Å². The van der Waals surface area contributed by atoms with Gasteiger partial charge in [-0.25, -0.2) is 4.98 Å². The number of carbonyl (C=O) groups is 1. The van der Waals surface area contributed by atoms with Crippen molar-refractivity contribution < 1.29 is 4.79 Å². The van der Waals surface area contributed by atoms with Crippen LogP contribution in [0.1, 0.15) is 48.3 Å². The van der Waals surface area contributed by atoms with E-state index in [-0.39, 0.29) is 5.91 Å². The molecular formula is C12H17N3O. The largest absolute Gasteiger partial charge is 0.348 e. The molecule has 0 radical (unpaired) electrons. The van der Waals surface area contributed by atoms with E-state index in [2.05, 4.69) is 15.3 Å². The van der Waals surface area contributed by atoms with Crippen molar-refractivity contribution in [2.45, 2.75) is 45.1 Å². The molecule has 1 heterocycles. The van der Waals surface area contributed by atoms with Crippen LogP contribution in [-0.4, -0.2) is 21.9 Å². The zero-order valence-corrected chi connectivity index (χ0v) is 9.57. The number of rotatable bonds is 2. The van der Waals surface area contributed by atoms with E-state index in [1.807, 2.05) is 6.92 Å². The van der Waals surface area contributed by atoms with Gasteiger partial charge in [0.25, 0.3) is 5.91 Å². The molecule has 0 unspecified atom stereocenters. The van der Waals surface area contributed by atoms with Crippen LogP contribution in [0.2, 0.25) is 0 Å². The van der Waals surface area contributed by atoms with Gasteiger partial charge >= 0.3 is 0 Å². The van der Waals surface area contributed by atoms with Gasteiger partial charge in [-0.1, -0.05) is 19.3 Å². The van der Waals surface area contributed by atoms with Crippen LogP contribution in [-0.2, 0) is 0 Å². The molecule has 4 heteroatoms. The van der Waals surface area contributed by atoms with Gasteiger partial charge in [0.1, 0.15) is 5.69 Å². The Labute approximate surface area is 95.5 Å². The maximum Gasteiger partial charge on any atom is 0.271 e. The number of aromatic nitrogens is 2. The van der Waals surface area contributed by atoms with Gasteiger partial charge in [-0.2, -0.15) is 0 Å². The number of nitrogens with zero attached hydrogens (tertiary/aromatic N) is 2. The lowest BCUT2D eigenvalue weighted by atomic mass is 9.95. The standard InChI is InChI=1S/C12H17N3O/c1-9-7-14-11(8-13-9)12(16)15-10-5-3-2-4-6-10/h7-8,10H,2-6H2,1H3,(H,15,16). The summed E-state index contributed by atoms with van der Waals surface area (Å²) in [6.07, 6.45) is 9.05. The van der Waals surface area contributed by atoms with Gasteiger partial charge in [-0.15, -0.1) is 0 Å². The maximum atomic E-state index is 11.8. The van der Waals surface area contributed by atoms with Crippen LogP contribution in [0.25, 0.3) is 0 Å². The average molecular weight is 219 g/mol. The van der Waals surface area contributed by atoms with Crippen molar-refractivity contribution in [3.05, 3.63) is 23.8 Å². The smallest absolute Gasteiger partial charge is 0.271 e. The van der Waals surface area contributed by atoms with Crippen LogP contribution < -0.4 is 5.32 Å². The molecule has 0 bridgehead atoms. The second-order valence-corrected chi connectivity index (χ2v) is 4.35. The Kier molecular flexibility index (Phi) is 3.49. The Morgan fingerprint density at radius 1 is 1.25 bits per heavy atom. The summed E-state index contributed by atoms with van der Waals surface area (Å²) in [5.41, 5.74) is 1.24. The lowest BCUT2D eigenvalue weighted by Crippen LogP contribution is -2.36. The van der Waals surface area contributed by atoms with Crippen molar-refractivity contribution >= 4 is 5.91 Å². The summed E-state index contributed by atoms with van der Waals surface area (Å²) in [6.45, 7) is 1.86. The Morgan fingerprint density at radius 3 is 2.62 bits per heavy atom. The molecule has 2 rings (SSSR count). The number of nitrogens with one attached hydrogen (secondary N) is 1. The Morgan fingerprint density at radius 2 is 2.00 bits per heavy atom. The summed E-state index contributed by atoms with van der Waals surface area (Å²) >= 11 is 0. The minimum atomic E-state index is -0.0978. The molecule has 1 amide bonds. The third-order valence-electron chi connectivity index (χ3n) is 2.95. The number of hydrogen-bond acceptors (Lipinski definition) is 3. The first-order valence-electron chi connectivity index (χ1n) is 5.85. The minimum Gasteiger partial charge on any atom is -0.348 e. The molecule has 1 fully saturated rings. The van der Waals surface area contributed by atoms with Crippen molar-refractivity contribution in [3.8, 4) is 0 Å². The molecule has 1 aliphatic rings. The normalized spacial score (nSPS) is 17.1. The zero-order chi connectivity index (χ0) is 11.4. The van der Waals surface area contributed by atoms with E-state index >= 15 is 0 Å². The molecule has 4 nitrogen and oxygen atoms in total. The molecule has 1 aromatic heterocycles. The number of aryl methyl sites for hydroxylation is 1. The highest BCUT2D eigenvalue weighted by atomic mass is 16.1. The first-order valence-corrected chi connectivity index (χ1v) is 5.85. The molecule has 0 atom stereocenters. The summed E-state index contributed by atoms with van der Waals surface area (Å²) in [6, 6.07) is 0.323. The summed E-state index contributed by atoms with van der Waals surface area (Å²) in [5.74, 6) is -0.0978. The van der Waals surface area contributed by atoms with Crippen molar-refractivity contribution in [3.63, 3.8) is 0 Å².